The maximum atomic E-state index is 11.7. The third-order valence-corrected chi connectivity index (χ3v) is 3.17. The highest BCUT2D eigenvalue weighted by Gasteiger charge is 2.28. The number of ether oxygens (including phenoxy) is 1. The summed E-state index contributed by atoms with van der Waals surface area (Å²) >= 11 is 0. The first kappa shape index (κ1) is 12.2. The molecule has 2 saturated heterocycles. The molecule has 6 nitrogen and oxygen atoms in total. The molecular formula is C11H19N3O3. The van der Waals surface area contributed by atoms with E-state index in [1.807, 2.05) is 0 Å². The molecule has 0 radical (unpaired) electrons. The molecule has 0 aromatic carbocycles. The first-order chi connectivity index (χ1) is 8.15. The number of carbonyl (C=O) groups excluding carboxylic acids is 2. The lowest BCUT2D eigenvalue weighted by Gasteiger charge is -2.24. The summed E-state index contributed by atoms with van der Waals surface area (Å²) in [5, 5.41) is 5.69. The molecule has 2 aliphatic heterocycles. The van der Waals surface area contributed by atoms with Crippen LogP contribution in [-0.2, 0) is 9.53 Å². The largest absolute Gasteiger partial charge is 0.379 e. The van der Waals surface area contributed by atoms with Crippen molar-refractivity contribution < 1.29 is 14.3 Å². The second-order valence-electron chi connectivity index (χ2n) is 4.71. The summed E-state index contributed by atoms with van der Waals surface area (Å²) in [7, 11) is 1.75. The second-order valence-corrected chi connectivity index (χ2v) is 4.71. The molecule has 2 heterocycles. The van der Waals surface area contributed by atoms with Gasteiger partial charge < -0.3 is 20.3 Å². The lowest BCUT2D eigenvalue weighted by molar-refractivity contribution is -0.126. The summed E-state index contributed by atoms with van der Waals surface area (Å²) < 4.78 is 5.28. The number of hydrogen-bond donors (Lipinski definition) is 2. The van der Waals surface area contributed by atoms with Gasteiger partial charge in [0.05, 0.1) is 18.7 Å². The Kier molecular flexibility index (Phi) is 3.83. The third kappa shape index (κ3) is 3.33. The first-order valence-corrected chi connectivity index (χ1v) is 6.04. The molecule has 2 atom stereocenters. The van der Waals surface area contributed by atoms with Gasteiger partial charge in [-0.1, -0.05) is 0 Å². The molecule has 0 aromatic heterocycles. The van der Waals surface area contributed by atoms with Gasteiger partial charge in [0, 0.05) is 26.6 Å². The lowest BCUT2D eigenvalue weighted by atomic mass is 10.1. The molecule has 96 valence electrons. The Labute approximate surface area is 101 Å². The minimum absolute atomic E-state index is 0.0722. The van der Waals surface area contributed by atoms with Crippen molar-refractivity contribution in [3.8, 4) is 0 Å². The summed E-state index contributed by atoms with van der Waals surface area (Å²) in [5.74, 6) is 0.0799. The van der Waals surface area contributed by atoms with Gasteiger partial charge >= 0.3 is 6.03 Å². The number of nitrogens with one attached hydrogen (secondary N) is 2. The highest BCUT2D eigenvalue weighted by molar-refractivity contribution is 5.81. The molecule has 3 amide bonds. The van der Waals surface area contributed by atoms with Crippen LogP contribution in [0.5, 0.6) is 0 Å². The summed E-state index contributed by atoms with van der Waals surface area (Å²) in [6.07, 6.45) is 2.33. The molecule has 2 rings (SSSR count). The van der Waals surface area contributed by atoms with Crippen LogP contribution in [0.2, 0.25) is 0 Å². The number of rotatable bonds is 2. The Bertz CT molecular complexity index is 302. The van der Waals surface area contributed by atoms with Crippen molar-refractivity contribution in [2.24, 2.45) is 0 Å². The molecule has 17 heavy (non-hydrogen) atoms. The van der Waals surface area contributed by atoms with Gasteiger partial charge in [-0.05, 0) is 12.8 Å². The van der Waals surface area contributed by atoms with Crippen molar-refractivity contribution in [3.63, 3.8) is 0 Å². The predicted molar refractivity (Wildman–Crippen MR) is 61.6 cm³/mol. The van der Waals surface area contributed by atoms with Crippen molar-refractivity contribution in [2.45, 2.75) is 31.3 Å². The molecule has 0 aromatic rings. The highest BCUT2D eigenvalue weighted by Crippen LogP contribution is 2.09. The van der Waals surface area contributed by atoms with E-state index in [9.17, 15) is 9.59 Å². The topological polar surface area (TPSA) is 70.7 Å². The van der Waals surface area contributed by atoms with Gasteiger partial charge in [0.15, 0.2) is 0 Å². The van der Waals surface area contributed by atoms with Gasteiger partial charge in [-0.3, -0.25) is 4.79 Å². The van der Waals surface area contributed by atoms with Crippen LogP contribution >= 0.6 is 0 Å². The molecule has 0 saturated carbocycles. The van der Waals surface area contributed by atoms with E-state index in [-0.39, 0.29) is 24.0 Å². The SMILES string of the molecule is CN1C[C@@H](NC(=O)N[C@@H]2CCCOC2)CC1=O. The van der Waals surface area contributed by atoms with Crippen LogP contribution in [0.4, 0.5) is 4.79 Å². The second kappa shape index (κ2) is 5.35. The van der Waals surface area contributed by atoms with Crippen molar-refractivity contribution in [1.82, 2.24) is 15.5 Å². The summed E-state index contributed by atoms with van der Waals surface area (Å²) in [6.45, 7) is 1.95. The van der Waals surface area contributed by atoms with E-state index in [1.54, 1.807) is 11.9 Å². The van der Waals surface area contributed by atoms with Gasteiger partial charge in [-0.2, -0.15) is 0 Å². The van der Waals surface area contributed by atoms with Crippen LogP contribution in [0.15, 0.2) is 0 Å². The Morgan fingerprint density at radius 3 is 2.76 bits per heavy atom. The van der Waals surface area contributed by atoms with Crippen LogP contribution in [0, 0.1) is 0 Å². The van der Waals surface area contributed by atoms with Crippen molar-refractivity contribution in [2.75, 3.05) is 26.8 Å². The molecule has 0 aliphatic carbocycles. The molecule has 6 heteroatoms. The zero-order valence-corrected chi connectivity index (χ0v) is 10.1. The maximum Gasteiger partial charge on any atom is 0.315 e. The zero-order valence-electron chi connectivity index (χ0n) is 10.1. The molecule has 2 N–H and O–H groups in total. The number of carbonyl (C=O) groups is 2. The average Bonchev–Trinajstić information content (AvgIpc) is 2.59. The minimum Gasteiger partial charge on any atom is -0.379 e. The minimum atomic E-state index is -0.200. The van der Waals surface area contributed by atoms with E-state index in [2.05, 4.69) is 10.6 Å². The van der Waals surface area contributed by atoms with Crippen LogP contribution in [-0.4, -0.2) is 55.7 Å². The van der Waals surface area contributed by atoms with E-state index < -0.39 is 0 Å². The van der Waals surface area contributed by atoms with Gasteiger partial charge in [0.25, 0.3) is 0 Å². The van der Waals surface area contributed by atoms with Crippen molar-refractivity contribution in [3.05, 3.63) is 0 Å². The normalized spacial score (nSPS) is 29.2. The van der Waals surface area contributed by atoms with Crippen LogP contribution < -0.4 is 10.6 Å². The van der Waals surface area contributed by atoms with Crippen LogP contribution in [0.1, 0.15) is 19.3 Å². The number of urea groups is 1. The lowest BCUT2D eigenvalue weighted by Crippen LogP contribution is -2.49. The molecule has 0 bridgehead atoms. The fourth-order valence-corrected chi connectivity index (χ4v) is 2.23. The standard InChI is InChI=1S/C11H19N3O3/c1-14-6-9(5-10(14)15)13-11(16)12-8-3-2-4-17-7-8/h8-9H,2-7H2,1H3,(H2,12,13,16)/t8-,9+/m1/s1. The fourth-order valence-electron chi connectivity index (χ4n) is 2.23. The number of amides is 3. The molecule has 0 spiro atoms. The predicted octanol–water partition coefficient (Wildman–Crippen LogP) is -0.305. The maximum absolute atomic E-state index is 11.7. The quantitative estimate of drug-likeness (QED) is 0.697. The third-order valence-electron chi connectivity index (χ3n) is 3.17. The van der Waals surface area contributed by atoms with E-state index in [0.717, 1.165) is 19.4 Å². The van der Waals surface area contributed by atoms with Gasteiger partial charge in [0.1, 0.15) is 0 Å². The van der Waals surface area contributed by atoms with Gasteiger partial charge in [-0.25, -0.2) is 4.79 Å². The van der Waals surface area contributed by atoms with E-state index in [0.29, 0.717) is 19.6 Å². The number of nitrogens with zero attached hydrogens (tertiary/aromatic N) is 1. The average molecular weight is 241 g/mol. The van der Waals surface area contributed by atoms with Crippen molar-refractivity contribution in [1.29, 1.82) is 0 Å². The van der Waals surface area contributed by atoms with Crippen molar-refractivity contribution >= 4 is 11.9 Å². The highest BCUT2D eigenvalue weighted by atomic mass is 16.5. The Morgan fingerprint density at radius 1 is 1.41 bits per heavy atom. The Hall–Kier alpha value is -1.30. The Morgan fingerprint density at radius 2 is 2.18 bits per heavy atom. The molecule has 2 aliphatic rings. The monoisotopic (exact) mass is 241 g/mol. The summed E-state index contributed by atoms with van der Waals surface area (Å²) in [4.78, 5) is 24.6. The van der Waals surface area contributed by atoms with E-state index >= 15 is 0 Å². The van der Waals surface area contributed by atoms with Gasteiger partial charge in [0.2, 0.25) is 5.91 Å². The smallest absolute Gasteiger partial charge is 0.315 e. The molecular weight excluding hydrogens is 222 g/mol. The van der Waals surface area contributed by atoms with Gasteiger partial charge in [-0.15, -0.1) is 0 Å². The number of hydrogen-bond acceptors (Lipinski definition) is 3. The number of likely N-dealkylation sites (N-methyl/N-ethyl adjacent to an activating group) is 1. The fraction of sp³-hybridized carbons (Fsp3) is 0.818. The molecule has 2 fully saturated rings. The van der Waals surface area contributed by atoms with E-state index in [4.69, 9.17) is 4.74 Å². The Balaban J connectivity index is 1.72. The first-order valence-electron chi connectivity index (χ1n) is 6.04. The zero-order chi connectivity index (χ0) is 12.3. The van der Waals surface area contributed by atoms with Crippen LogP contribution in [0.25, 0.3) is 0 Å². The number of likely N-dealkylation sites (tertiary alicyclic amines) is 1. The summed E-state index contributed by atoms with van der Waals surface area (Å²) in [5.41, 5.74) is 0. The van der Waals surface area contributed by atoms with E-state index in [1.165, 1.54) is 0 Å². The molecule has 0 unspecified atom stereocenters. The summed E-state index contributed by atoms with van der Waals surface area (Å²) in [6, 6.07) is -0.177. The van der Waals surface area contributed by atoms with Crippen LogP contribution in [0.3, 0.4) is 0 Å².